The van der Waals surface area contributed by atoms with Gasteiger partial charge in [0.15, 0.2) is 0 Å². The van der Waals surface area contributed by atoms with Crippen LogP contribution in [0, 0.1) is 0 Å². The molecule has 0 aliphatic carbocycles. The zero-order chi connectivity index (χ0) is 12.3. The minimum atomic E-state index is 0.131. The van der Waals surface area contributed by atoms with Gasteiger partial charge in [-0.15, -0.1) is 11.8 Å². The molecule has 0 saturated heterocycles. The van der Waals surface area contributed by atoms with E-state index in [1.54, 1.807) is 0 Å². The number of carbonyl (C=O) groups excluding carboxylic acids is 1. The molecule has 2 rings (SSSR count). The summed E-state index contributed by atoms with van der Waals surface area (Å²) in [7, 11) is 4.13. The number of hydrogen-bond donors (Lipinski definition) is 1. The third-order valence-electron chi connectivity index (χ3n) is 2.77. The number of nitrogens with one attached hydrogen (secondary N) is 1. The monoisotopic (exact) mass is 250 g/mol. The first-order valence-electron chi connectivity index (χ1n) is 5.85. The predicted molar refractivity (Wildman–Crippen MR) is 72.5 cm³/mol. The zero-order valence-corrected chi connectivity index (χ0v) is 11.1. The van der Waals surface area contributed by atoms with Gasteiger partial charge in [-0.1, -0.05) is 12.1 Å². The predicted octanol–water partition coefficient (Wildman–Crippen LogP) is 2.44. The van der Waals surface area contributed by atoms with E-state index in [4.69, 9.17) is 0 Å². The van der Waals surface area contributed by atoms with Crippen LogP contribution in [-0.4, -0.2) is 36.7 Å². The maximum Gasteiger partial charge on any atom is 0.225 e. The number of thioether (sulfide) groups is 1. The molecule has 1 heterocycles. The second-order valence-electron chi connectivity index (χ2n) is 4.58. The van der Waals surface area contributed by atoms with Crippen molar-refractivity contribution >= 4 is 23.4 Å². The molecule has 1 aliphatic heterocycles. The van der Waals surface area contributed by atoms with Crippen molar-refractivity contribution in [1.29, 1.82) is 0 Å². The molecule has 1 atom stereocenters. The molecule has 1 aliphatic rings. The van der Waals surface area contributed by atoms with Crippen LogP contribution in [0.1, 0.15) is 12.8 Å². The number of hydrogen-bond acceptors (Lipinski definition) is 3. The Morgan fingerprint density at radius 3 is 2.94 bits per heavy atom. The van der Waals surface area contributed by atoms with Crippen LogP contribution in [0.15, 0.2) is 29.2 Å². The fraction of sp³-hybridized carbons (Fsp3) is 0.462. The summed E-state index contributed by atoms with van der Waals surface area (Å²) < 4.78 is 0. The van der Waals surface area contributed by atoms with E-state index in [2.05, 4.69) is 30.4 Å². The van der Waals surface area contributed by atoms with Crippen molar-refractivity contribution in [2.24, 2.45) is 0 Å². The number of para-hydroxylation sites is 1. The van der Waals surface area contributed by atoms with Crippen LogP contribution >= 0.6 is 11.8 Å². The highest BCUT2D eigenvalue weighted by Gasteiger charge is 2.21. The van der Waals surface area contributed by atoms with Crippen molar-refractivity contribution in [3.05, 3.63) is 24.3 Å². The van der Waals surface area contributed by atoms with E-state index < -0.39 is 0 Å². The summed E-state index contributed by atoms with van der Waals surface area (Å²) in [6.45, 7) is 1.02. The van der Waals surface area contributed by atoms with Gasteiger partial charge < -0.3 is 10.2 Å². The van der Waals surface area contributed by atoms with Crippen molar-refractivity contribution in [1.82, 2.24) is 4.90 Å². The normalized spacial score (nSPS) is 19.7. The highest BCUT2D eigenvalue weighted by Crippen LogP contribution is 2.36. The van der Waals surface area contributed by atoms with Gasteiger partial charge in [-0.05, 0) is 39.2 Å². The third-order valence-corrected chi connectivity index (χ3v) is 4.11. The van der Waals surface area contributed by atoms with Gasteiger partial charge in [0.05, 0.1) is 5.69 Å². The van der Waals surface area contributed by atoms with Crippen LogP contribution in [0.2, 0.25) is 0 Å². The highest BCUT2D eigenvalue weighted by atomic mass is 32.2. The number of amides is 1. The summed E-state index contributed by atoms with van der Waals surface area (Å²) in [4.78, 5) is 15.1. The quantitative estimate of drug-likeness (QED) is 0.894. The Kier molecular flexibility index (Phi) is 4.07. The molecular formula is C13H18N2OS. The lowest BCUT2D eigenvalue weighted by Gasteiger charge is -2.16. The van der Waals surface area contributed by atoms with Crippen molar-refractivity contribution < 1.29 is 4.79 Å². The molecule has 92 valence electrons. The Labute approximate surface area is 107 Å². The molecule has 4 heteroatoms. The number of fused-ring (bicyclic) bond motifs is 1. The summed E-state index contributed by atoms with van der Waals surface area (Å²) in [6, 6.07) is 8.02. The lowest BCUT2D eigenvalue weighted by molar-refractivity contribution is -0.116. The zero-order valence-electron chi connectivity index (χ0n) is 10.3. The molecule has 1 amide bonds. The summed E-state index contributed by atoms with van der Waals surface area (Å²) >= 11 is 1.81. The van der Waals surface area contributed by atoms with E-state index in [0.29, 0.717) is 11.7 Å². The van der Waals surface area contributed by atoms with E-state index in [1.807, 2.05) is 30.0 Å². The molecule has 17 heavy (non-hydrogen) atoms. The molecule has 0 aromatic heterocycles. The number of anilines is 1. The summed E-state index contributed by atoms with van der Waals surface area (Å²) in [6.07, 6.45) is 1.65. The van der Waals surface area contributed by atoms with E-state index in [9.17, 15) is 4.79 Å². The first-order valence-corrected chi connectivity index (χ1v) is 6.73. The Bertz CT molecular complexity index is 406. The van der Waals surface area contributed by atoms with Gasteiger partial charge in [0.25, 0.3) is 0 Å². The summed E-state index contributed by atoms with van der Waals surface area (Å²) in [5.41, 5.74) is 0.954. The smallest absolute Gasteiger partial charge is 0.225 e. The molecule has 0 saturated carbocycles. The van der Waals surface area contributed by atoms with Gasteiger partial charge >= 0.3 is 0 Å². The maximum atomic E-state index is 11.8. The maximum absolute atomic E-state index is 11.8. The van der Waals surface area contributed by atoms with Crippen molar-refractivity contribution in [3.63, 3.8) is 0 Å². The van der Waals surface area contributed by atoms with Gasteiger partial charge in [-0.3, -0.25) is 4.79 Å². The van der Waals surface area contributed by atoms with E-state index >= 15 is 0 Å². The van der Waals surface area contributed by atoms with E-state index in [-0.39, 0.29) is 5.91 Å². The Balaban J connectivity index is 2.09. The molecular weight excluding hydrogens is 232 g/mol. The molecule has 1 unspecified atom stereocenters. The van der Waals surface area contributed by atoms with Crippen LogP contribution in [0.5, 0.6) is 0 Å². The second-order valence-corrected chi connectivity index (χ2v) is 5.92. The first kappa shape index (κ1) is 12.5. The van der Waals surface area contributed by atoms with E-state index in [0.717, 1.165) is 18.7 Å². The Morgan fingerprint density at radius 1 is 1.41 bits per heavy atom. The topological polar surface area (TPSA) is 32.3 Å². The molecule has 1 aromatic rings. The Hall–Kier alpha value is -1.00. The van der Waals surface area contributed by atoms with Gasteiger partial charge in [-0.2, -0.15) is 0 Å². The fourth-order valence-corrected chi connectivity index (χ4v) is 3.09. The minimum Gasteiger partial charge on any atom is -0.325 e. The highest BCUT2D eigenvalue weighted by molar-refractivity contribution is 8.00. The van der Waals surface area contributed by atoms with Crippen LogP contribution < -0.4 is 5.32 Å². The molecule has 0 fully saturated rings. The van der Waals surface area contributed by atoms with Crippen LogP contribution in [0.25, 0.3) is 0 Å². The molecule has 3 nitrogen and oxygen atoms in total. The lowest BCUT2D eigenvalue weighted by Crippen LogP contribution is -2.20. The van der Waals surface area contributed by atoms with E-state index in [1.165, 1.54) is 4.90 Å². The SMILES string of the molecule is CN(C)CCC1CC(=O)Nc2ccccc2S1. The van der Waals surface area contributed by atoms with Crippen LogP contribution in [0.4, 0.5) is 5.69 Å². The number of rotatable bonds is 3. The van der Waals surface area contributed by atoms with Crippen molar-refractivity contribution in [2.45, 2.75) is 23.0 Å². The molecule has 0 radical (unpaired) electrons. The minimum absolute atomic E-state index is 0.131. The average molecular weight is 250 g/mol. The number of nitrogens with zero attached hydrogens (tertiary/aromatic N) is 1. The second kappa shape index (κ2) is 5.56. The van der Waals surface area contributed by atoms with Crippen molar-refractivity contribution in [2.75, 3.05) is 26.0 Å². The molecule has 1 aromatic carbocycles. The molecule has 1 N–H and O–H groups in total. The van der Waals surface area contributed by atoms with Crippen LogP contribution in [0.3, 0.4) is 0 Å². The first-order chi connectivity index (χ1) is 8.15. The number of carbonyl (C=O) groups is 1. The van der Waals surface area contributed by atoms with Gasteiger partial charge in [-0.25, -0.2) is 0 Å². The third kappa shape index (κ3) is 3.48. The average Bonchev–Trinajstić information content (AvgIpc) is 2.43. The number of benzene rings is 1. The van der Waals surface area contributed by atoms with Crippen LogP contribution in [-0.2, 0) is 4.79 Å². The van der Waals surface area contributed by atoms with Crippen molar-refractivity contribution in [3.8, 4) is 0 Å². The van der Waals surface area contributed by atoms with Gasteiger partial charge in [0.1, 0.15) is 0 Å². The van der Waals surface area contributed by atoms with Gasteiger partial charge in [0, 0.05) is 16.6 Å². The molecule has 0 spiro atoms. The van der Waals surface area contributed by atoms with Gasteiger partial charge in [0.2, 0.25) is 5.91 Å². The summed E-state index contributed by atoms with van der Waals surface area (Å²) in [5.74, 6) is 0.131. The Morgan fingerprint density at radius 2 is 2.18 bits per heavy atom. The fourth-order valence-electron chi connectivity index (χ4n) is 1.87. The molecule has 0 bridgehead atoms. The largest absolute Gasteiger partial charge is 0.325 e. The standard InChI is InChI=1S/C13H18N2OS/c1-15(2)8-7-10-9-13(16)14-11-5-3-4-6-12(11)17-10/h3-6,10H,7-9H2,1-2H3,(H,14,16). The lowest BCUT2D eigenvalue weighted by atomic mass is 10.2. The summed E-state index contributed by atoms with van der Waals surface area (Å²) in [5, 5.41) is 3.34.